The molecule has 1 aromatic rings. The Morgan fingerprint density at radius 3 is 2.95 bits per heavy atom. The molecule has 0 bridgehead atoms. The minimum Gasteiger partial charge on any atom is -0.320 e. The summed E-state index contributed by atoms with van der Waals surface area (Å²) in [4.78, 5) is 22.6. The zero-order valence-corrected chi connectivity index (χ0v) is 10.8. The number of anilines is 1. The standard InChI is InChI=1S/C13H17N3O3/c1-9-4-5-11(12(7-9)16(18)19)15-13(17)10-3-2-6-14-8-10/h4-5,7,10,14H,2-3,6,8H2,1H3,(H,15,17)/t10-/m0/s1. The molecule has 2 rings (SSSR count). The normalized spacial score (nSPS) is 18.9. The number of carbonyl (C=O) groups excluding carboxylic acids is 1. The molecule has 6 heteroatoms. The average molecular weight is 263 g/mol. The van der Waals surface area contributed by atoms with E-state index in [1.807, 2.05) is 0 Å². The van der Waals surface area contributed by atoms with Crippen molar-refractivity contribution < 1.29 is 9.72 Å². The molecule has 0 unspecified atom stereocenters. The van der Waals surface area contributed by atoms with E-state index in [2.05, 4.69) is 10.6 Å². The summed E-state index contributed by atoms with van der Waals surface area (Å²) in [5, 5.41) is 16.8. The first-order chi connectivity index (χ1) is 9.08. The van der Waals surface area contributed by atoms with Crippen molar-refractivity contribution in [2.75, 3.05) is 18.4 Å². The predicted octanol–water partition coefficient (Wildman–Crippen LogP) is 1.84. The maximum absolute atomic E-state index is 12.1. The first-order valence-electron chi connectivity index (χ1n) is 6.34. The molecule has 1 heterocycles. The molecule has 1 atom stereocenters. The van der Waals surface area contributed by atoms with Crippen molar-refractivity contribution in [1.82, 2.24) is 5.32 Å². The third-order valence-electron chi connectivity index (χ3n) is 3.28. The third kappa shape index (κ3) is 3.29. The summed E-state index contributed by atoms with van der Waals surface area (Å²) in [7, 11) is 0. The first kappa shape index (κ1) is 13.5. The Morgan fingerprint density at radius 2 is 2.32 bits per heavy atom. The van der Waals surface area contributed by atoms with Crippen LogP contribution in [0.4, 0.5) is 11.4 Å². The zero-order chi connectivity index (χ0) is 13.8. The van der Waals surface area contributed by atoms with Crippen LogP contribution in [0.15, 0.2) is 18.2 Å². The molecule has 6 nitrogen and oxygen atoms in total. The van der Waals surface area contributed by atoms with Crippen LogP contribution >= 0.6 is 0 Å². The molecule has 1 amide bonds. The highest BCUT2D eigenvalue weighted by Crippen LogP contribution is 2.26. The van der Waals surface area contributed by atoms with E-state index in [1.165, 1.54) is 6.07 Å². The number of nitro groups is 1. The number of hydrogen-bond donors (Lipinski definition) is 2. The van der Waals surface area contributed by atoms with Crippen LogP contribution in [0.2, 0.25) is 0 Å². The zero-order valence-electron chi connectivity index (χ0n) is 10.8. The van der Waals surface area contributed by atoms with Crippen molar-refractivity contribution >= 4 is 17.3 Å². The van der Waals surface area contributed by atoms with Crippen LogP contribution in [0.5, 0.6) is 0 Å². The van der Waals surface area contributed by atoms with E-state index >= 15 is 0 Å². The van der Waals surface area contributed by atoms with Gasteiger partial charge < -0.3 is 10.6 Å². The van der Waals surface area contributed by atoms with Crippen molar-refractivity contribution in [2.45, 2.75) is 19.8 Å². The van der Waals surface area contributed by atoms with Crippen LogP contribution in [0.25, 0.3) is 0 Å². The number of nitrogens with one attached hydrogen (secondary N) is 2. The van der Waals surface area contributed by atoms with Crippen molar-refractivity contribution in [3.63, 3.8) is 0 Å². The lowest BCUT2D eigenvalue weighted by molar-refractivity contribution is -0.384. The molecule has 1 saturated heterocycles. The van der Waals surface area contributed by atoms with Gasteiger partial charge in [-0.25, -0.2) is 0 Å². The van der Waals surface area contributed by atoms with Crippen LogP contribution in [-0.4, -0.2) is 23.9 Å². The minimum atomic E-state index is -0.471. The van der Waals surface area contributed by atoms with Gasteiger partial charge in [0, 0.05) is 12.6 Å². The van der Waals surface area contributed by atoms with Crippen LogP contribution in [0, 0.1) is 23.0 Å². The van der Waals surface area contributed by atoms with Gasteiger partial charge in [0.05, 0.1) is 10.8 Å². The lowest BCUT2D eigenvalue weighted by Gasteiger charge is -2.21. The van der Waals surface area contributed by atoms with Gasteiger partial charge in [-0.1, -0.05) is 6.07 Å². The van der Waals surface area contributed by atoms with E-state index in [-0.39, 0.29) is 23.2 Å². The molecule has 1 aliphatic rings. The van der Waals surface area contributed by atoms with Gasteiger partial charge >= 0.3 is 0 Å². The number of amides is 1. The van der Waals surface area contributed by atoms with E-state index in [0.29, 0.717) is 6.54 Å². The van der Waals surface area contributed by atoms with Gasteiger partial charge in [-0.3, -0.25) is 14.9 Å². The number of nitrogens with zero attached hydrogens (tertiary/aromatic N) is 1. The molecule has 0 saturated carbocycles. The Bertz CT molecular complexity index is 496. The second-order valence-electron chi connectivity index (χ2n) is 4.81. The van der Waals surface area contributed by atoms with Crippen LogP contribution in [0.3, 0.4) is 0 Å². The SMILES string of the molecule is Cc1ccc(NC(=O)[C@H]2CCCNC2)c([N+](=O)[O-])c1. The molecular formula is C13H17N3O3. The lowest BCUT2D eigenvalue weighted by Crippen LogP contribution is -2.37. The molecule has 19 heavy (non-hydrogen) atoms. The molecule has 102 valence electrons. The Balaban J connectivity index is 2.13. The second-order valence-corrected chi connectivity index (χ2v) is 4.81. The van der Waals surface area contributed by atoms with E-state index in [1.54, 1.807) is 19.1 Å². The molecule has 0 spiro atoms. The van der Waals surface area contributed by atoms with Gasteiger partial charge in [-0.05, 0) is 37.9 Å². The van der Waals surface area contributed by atoms with Crippen LogP contribution in [-0.2, 0) is 4.79 Å². The first-order valence-corrected chi connectivity index (χ1v) is 6.34. The van der Waals surface area contributed by atoms with Gasteiger partial charge in [0.2, 0.25) is 5.91 Å². The fraction of sp³-hybridized carbons (Fsp3) is 0.462. The number of piperidine rings is 1. The quantitative estimate of drug-likeness (QED) is 0.643. The van der Waals surface area contributed by atoms with Gasteiger partial charge in [-0.15, -0.1) is 0 Å². The topological polar surface area (TPSA) is 84.3 Å². The summed E-state index contributed by atoms with van der Waals surface area (Å²) in [6.07, 6.45) is 1.77. The Hall–Kier alpha value is -1.95. The van der Waals surface area contributed by atoms with E-state index in [9.17, 15) is 14.9 Å². The smallest absolute Gasteiger partial charge is 0.293 e. The Kier molecular flexibility index (Phi) is 4.11. The number of aryl methyl sites for hydroxylation is 1. The van der Waals surface area contributed by atoms with E-state index < -0.39 is 4.92 Å². The summed E-state index contributed by atoms with van der Waals surface area (Å²) >= 11 is 0. The maximum atomic E-state index is 12.1. The number of hydrogen-bond acceptors (Lipinski definition) is 4. The number of benzene rings is 1. The summed E-state index contributed by atoms with van der Waals surface area (Å²) in [6, 6.07) is 4.80. The molecule has 1 aliphatic heterocycles. The minimum absolute atomic E-state index is 0.0582. The predicted molar refractivity (Wildman–Crippen MR) is 72.1 cm³/mol. The number of carbonyl (C=O) groups is 1. The molecule has 0 aliphatic carbocycles. The molecule has 2 N–H and O–H groups in total. The van der Waals surface area contributed by atoms with Crippen LogP contribution < -0.4 is 10.6 Å². The number of nitro benzene ring substituents is 1. The molecule has 0 aromatic heterocycles. The average Bonchev–Trinajstić information content (AvgIpc) is 2.41. The Morgan fingerprint density at radius 1 is 1.53 bits per heavy atom. The Labute approximate surface area is 111 Å². The van der Waals surface area contributed by atoms with Crippen LogP contribution in [0.1, 0.15) is 18.4 Å². The number of rotatable bonds is 3. The van der Waals surface area contributed by atoms with Gasteiger partial charge in [0.1, 0.15) is 5.69 Å². The fourth-order valence-electron chi connectivity index (χ4n) is 2.21. The summed E-state index contributed by atoms with van der Waals surface area (Å²) < 4.78 is 0. The van der Waals surface area contributed by atoms with Crippen molar-refractivity contribution in [1.29, 1.82) is 0 Å². The molecule has 0 radical (unpaired) electrons. The highest BCUT2D eigenvalue weighted by atomic mass is 16.6. The molecule has 1 fully saturated rings. The highest BCUT2D eigenvalue weighted by Gasteiger charge is 2.23. The molecular weight excluding hydrogens is 246 g/mol. The van der Waals surface area contributed by atoms with Gasteiger partial charge in [-0.2, -0.15) is 0 Å². The van der Waals surface area contributed by atoms with Gasteiger partial charge in [0.25, 0.3) is 5.69 Å². The van der Waals surface area contributed by atoms with E-state index in [0.717, 1.165) is 24.9 Å². The van der Waals surface area contributed by atoms with Crippen molar-refractivity contribution in [3.05, 3.63) is 33.9 Å². The summed E-state index contributed by atoms with van der Waals surface area (Å²) in [5.74, 6) is -0.270. The monoisotopic (exact) mass is 263 g/mol. The van der Waals surface area contributed by atoms with E-state index in [4.69, 9.17) is 0 Å². The third-order valence-corrected chi connectivity index (χ3v) is 3.28. The summed E-state index contributed by atoms with van der Waals surface area (Å²) in [6.45, 7) is 3.34. The van der Waals surface area contributed by atoms with Gasteiger partial charge in [0.15, 0.2) is 0 Å². The van der Waals surface area contributed by atoms with Crippen molar-refractivity contribution in [2.24, 2.45) is 5.92 Å². The molecule has 1 aromatic carbocycles. The maximum Gasteiger partial charge on any atom is 0.293 e. The lowest BCUT2D eigenvalue weighted by atomic mass is 9.98. The summed E-state index contributed by atoms with van der Waals surface area (Å²) in [5.41, 5.74) is 1.01. The second kappa shape index (κ2) is 5.79. The fourth-order valence-corrected chi connectivity index (χ4v) is 2.21. The largest absolute Gasteiger partial charge is 0.320 e. The highest BCUT2D eigenvalue weighted by molar-refractivity contribution is 5.94. The van der Waals surface area contributed by atoms with Crippen molar-refractivity contribution in [3.8, 4) is 0 Å².